The van der Waals surface area contributed by atoms with Crippen LogP contribution in [0.4, 0.5) is 0 Å². The number of rotatable bonds is 3. The lowest BCUT2D eigenvalue weighted by molar-refractivity contribution is 0.342. The van der Waals surface area contributed by atoms with Gasteiger partial charge in [0, 0.05) is 16.7 Å². The Bertz CT molecular complexity index is 437. The highest BCUT2D eigenvalue weighted by Crippen LogP contribution is 2.24. The molecule has 3 heteroatoms. The van der Waals surface area contributed by atoms with Gasteiger partial charge < -0.3 is 5.73 Å². The molecule has 0 fully saturated rings. The molecule has 0 aliphatic rings. The Morgan fingerprint density at radius 1 is 1.05 bits per heavy atom. The molecule has 1 aromatic carbocycles. The van der Waals surface area contributed by atoms with E-state index in [1.54, 1.807) is 0 Å². The predicted molar refractivity (Wildman–Crippen MR) is 83.8 cm³/mol. The summed E-state index contributed by atoms with van der Waals surface area (Å²) in [6, 6.07) is 8.00. The smallest absolute Gasteiger partial charge is 0.0545 e. The number of nitrogens with two attached hydrogens (primary N) is 1. The van der Waals surface area contributed by atoms with E-state index in [9.17, 15) is 4.21 Å². The maximum absolute atomic E-state index is 12.3. The minimum absolute atomic E-state index is 0.0129. The Kier molecular flexibility index (Phi) is 4.97. The van der Waals surface area contributed by atoms with Gasteiger partial charge in [-0.15, -0.1) is 0 Å². The topological polar surface area (TPSA) is 43.1 Å². The zero-order valence-corrected chi connectivity index (χ0v) is 13.8. The molecule has 0 saturated heterocycles. The number of benzene rings is 1. The molecule has 2 unspecified atom stereocenters. The van der Waals surface area contributed by atoms with Crippen molar-refractivity contribution in [1.29, 1.82) is 0 Å². The third-order valence-electron chi connectivity index (χ3n) is 3.43. The highest BCUT2D eigenvalue weighted by Gasteiger charge is 2.23. The molecule has 0 heterocycles. The summed E-state index contributed by atoms with van der Waals surface area (Å²) in [5, 5.41) is 0. The summed E-state index contributed by atoms with van der Waals surface area (Å²) < 4.78 is 12.3. The van der Waals surface area contributed by atoms with E-state index in [0.29, 0.717) is 5.75 Å². The van der Waals surface area contributed by atoms with Crippen LogP contribution in [0.3, 0.4) is 0 Å². The largest absolute Gasteiger partial charge is 0.326 e. The maximum atomic E-state index is 12.3. The zero-order chi connectivity index (χ0) is 14.8. The van der Waals surface area contributed by atoms with E-state index < -0.39 is 10.8 Å². The monoisotopic (exact) mass is 281 g/mol. The standard InChI is InChI=1S/C16H27NOS/c1-15(2,3)12-7-9-13(10-8-12)19(18)11-14(17)16(4,5)6/h7-10,14H,11,17H2,1-6H3. The molecule has 2 N–H and O–H groups in total. The fourth-order valence-electron chi connectivity index (χ4n) is 1.62. The van der Waals surface area contributed by atoms with Crippen molar-refractivity contribution in [3.8, 4) is 0 Å². The zero-order valence-electron chi connectivity index (χ0n) is 13.0. The normalized spacial score (nSPS) is 16.2. The van der Waals surface area contributed by atoms with Gasteiger partial charge in [0.2, 0.25) is 0 Å². The maximum Gasteiger partial charge on any atom is 0.0545 e. The second-order valence-electron chi connectivity index (χ2n) is 7.26. The molecule has 2 nitrogen and oxygen atoms in total. The van der Waals surface area contributed by atoms with Crippen molar-refractivity contribution in [2.24, 2.45) is 11.1 Å². The van der Waals surface area contributed by atoms with E-state index in [2.05, 4.69) is 53.7 Å². The predicted octanol–water partition coefficient (Wildman–Crippen LogP) is 3.47. The van der Waals surface area contributed by atoms with Gasteiger partial charge in [0.25, 0.3) is 0 Å². The number of hydrogen-bond acceptors (Lipinski definition) is 2. The lowest BCUT2D eigenvalue weighted by Gasteiger charge is -2.26. The minimum atomic E-state index is -1.02. The summed E-state index contributed by atoms with van der Waals surface area (Å²) in [6.07, 6.45) is 0. The van der Waals surface area contributed by atoms with E-state index >= 15 is 0 Å². The second-order valence-corrected chi connectivity index (χ2v) is 8.75. The Hall–Kier alpha value is -0.670. The van der Waals surface area contributed by atoms with Crippen molar-refractivity contribution < 1.29 is 4.21 Å². The summed E-state index contributed by atoms with van der Waals surface area (Å²) in [5.74, 6) is 0.512. The Morgan fingerprint density at radius 3 is 1.89 bits per heavy atom. The van der Waals surface area contributed by atoms with Gasteiger partial charge in [-0.3, -0.25) is 4.21 Å². The molecule has 0 aliphatic carbocycles. The molecule has 1 aromatic rings. The molecular weight excluding hydrogens is 254 g/mol. The SMILES string of the molecule is CC(C)(C)c1ccc(S(=O)CC(N)C(C)(C)C)cc1. The van der Waals surface area contributed by atoms with Crippen molar-refractivity contribution in [3.05, 3.63) is 29.8 Å². The van der Waals surface area contributed by atoms with E-state index in [1.165, 1.54) is 5.56 Å². The van der Waals surface area contributed by atoms with Crippen LogP contribution in [-0.2, 0) is 16.2 Å². The van der Waals surface area contributed by atoms with Crippen molar-refractivity contribution in [2.75, 3.05) is 5.75 Å². The Balaban J connectivity index is 2.80. The van der Waals surface area contributed by atoms with Crippen molar-refractivity contribution in [3.63, 3.8) is 0 Å². The molecule has 0 spiro atoms. The first-order valence-corrected chi connectivity index (χ1v) is 8.08. The summed E-state index contributed by atoms with van der Waals surface area (Å²) in [4.78, 5) is 0.868. The minimum Gasteiger partial charge on any atom is -0.326 e. The first-order chi connectivity index (χ1) is 8.51. The van der Waals surface area contributed by atoms with Crippen LogP contribution >= 0.6 is 0 Å². The van der Waals surface area contributed by atoms with Gasteiger partial charge in [-0.2, -0.15) is 0 Å². The van der Waals surface area contributed by atoms with Crippen molar-refractivity contribution >= 4 is 10.8 Å². The van der Waals surface area contributed by atoms with Crippen LogP contribution in [0.1, 0.15) is 47.1 Å². The van der Waals surface area contributed by atoms with Crippen molar-refractivity contribution in [2.45, 2.75) is 57.9 Å². The molecule has 0 amide bonds. The Morgan fingerprint density at radius 2 is 1.53 bits per heavy atom. The van der Waals surface area contributed by atoms with E-state index in [1.807, 2.05) is 12.1 Å². The van der Waals surface area contributed by atoms with Gasteiger partial charge in [0.1, 0.15) is 0 Å². The molecule has 2 atom stereocenters. The van der Waals surface area contributed by atoms with Gasteiger partial charge in [0.15, 0.2) is 0 Å². The van der Waals surface area contributed by atoms with Crippen LogP contribution < -0.4 is 5.73 Å². The summed E-state index contributed by atoms with van der Waals surface area (Å²) in [6.45, 7) is 12.8. The first kappa shape index (κ1) is 16.4. The van der Waals surface area contributed by atoms with Gasteiger partial charge in [-0.25, -0.2) is 0 Å². The highest BCUT2D eigenvalue weighted by atomic mass is 32.2. The van der Waals surface area contributed by atoms with Crippen LogP contribution in [0.25, 0.3) is 0 Å². The Labute approximate surface area is 120 Å². The third kappa shape index (κ3) is 4.73. The number of hydrogen-bond donors (Lipinski definition) is 1. The molecule has 0 aliphatic heterocycles. The van der Waals surface area contributed by atoms with E-state index in [4.69, 9.17) is 5.73 Å². The lowest BCUT2D eigenvalue weighted by atomic mass is 9.87. The molecule has 108 valence electrons. The second kappa shape index (κ2) is 5.76. The molecule has 0 bridgehead atoms. The van der Waals surface area contributed by atoms with Gasteiger partial charge in [0.05, 0.1) is 10.8 Å². The molecule has 1 rings (SSSR count). The highest BCUT2D eigenvalue weighted by molar-refractivity contribution is 7.85. The quantitative estimate of drug-likeness (QED) is 0.922. The van der Waals surface area contributed by atoms with Crippen LogP contribution in [0.2, 0.25) is 0 Å². The molecular formula is C16H27NOS. The summed E-state index contributed by atoms with van der Waals surface area (Å²) >= 11 is 0. The third-order valence-corrected chi connectivity index (χ3v) is 4.89. The lowest BCUT2D eigenvalue weighted by Crippen LogP contribution is -2.39. The van der Waals surface area contributed by atoms with Crippen LogP contribution in [0.5, 0.6) is 0 Å². The first-order valence-electron chi connectivity index (χ1n) is 6.76. The molecule has 0 aromatic heterocycles. The molecule has 19 heavy (non-hydrogen) atoms. The average molecular weight is 281 g/mol. The molecule has 0 radical (unpaired) electrons. The van der Waals surface area contributed by atoms with Crippen molar-refractivity contribution in [1.82, 2.24) is 0 Å². The van der Waals surface area contributed by atoms with Gasteiger partial charge >= 0.3 is 0 Å². The van der Waals surface area contributed by atoms with Crippen LogP contribution in [-0.4, -0.2) is 16.0 Å². The van der Waals surface area contributed by atoms with E-state index in [-0.39, 0.29) is 16.9 Å². The average Bonchev–Trinajstić information content (AvgIpc) is 2.26. The van der Waals surface area contributed by atoms with Crippen LogP contribution in [0.15, 0.2) is 29.2 Å². The summed E-state index contributed by atoms with van der Waals surface area (Å²) in [7, 11) is -1.02. The van der Waals surface area contributed by atoms with E-state index in [0.717, 1.165) is 4.90 Å². The fourth-order valence-corrected chi connectivity index (χ4v) is 3.07. The molecule has 0 saturated carbocycles. The van der Waals surface area contributed by atoms with Gasteiger partial charge in [-0.1, -0.05) is 53.7 Å². The van der Waals surface area contributed by atoms with Crippen LogP contribution in [0, 0.1) is 5.41 Å². The van der Waals surface area contributed by atoms with Gasteiger partial charge in [-0.05, 0) is 28.5 Å². The fraction of sp³-hybridized carbons (Fsp3) is 0.625. The summed E-state index contributed by atoms with van der Waals surface area (Å²) in [5.41, 5.74) is 7.47.